The Hall–Kier alpha value is -4.56. The van der Waals surface area contributed by atoms with Gasteiger partial charge in [0, 0.05) is 23.3 Å². The van der Waals surface area contributed by atoms with Crippen molar-refractivity contribution in [1.82, 2.24) is 10.5 Å². The van der Waals surface area contributed by atoms with Crippen molar-refractivity contribution in [1.29, 1.82) is 0 Å². The largest absolute Gasteiger partial charge is 0.493 e. The van der Waals surface area contributed by atoms with Gasteiger partial charge in [-0.05, 0) is 42.0 Å². The minimum absolute atomic E-state index is 0.0916. The van der Waals surface area contributed by atoms with E-state index in [-0.39, 0.29) is 5.70 Å². The monoisotopic (exact) mass is 471 g/mol. The van der Waals surface area contributed by atoms with E-state index >= 15 is 0 Å². The number of anilines is 1. The molecular weight excluding hydrogens is 446 g/mol. The number of carbonyl (C=O) groups excluding carboxylic acids is 1. The minimum Gasteiger partial charge on any atom is -0.493 e. The molecule has 1 aromatic heterocycles. The summed E-state index contributed by atoms with van der Waals surface area (Å²) in [6, 6.07) is 22.0. The number of fused-ring (bicyclic) bond motifs is 1. The predicted octanol–water partition coefficient (Wildman–Crippen LogP) is 5.22. The molecule has 1 amide bonds. The van der Waals surface area contributed by atoms with E-state index in [9.17, 15) is 4.79 Å². The third-order valence-electron chi connectivity index (χ3n) is 5.10. The highest BCUT2D eigenvalue weighted by molar-refractivity contribution is 6.02. The van der Waals surface area contributed by atoms with Crippen LogP contribution in [0, 0.1) is 0 Å². The zero-order valence-electron chi connectivity index (χ0n) is 19.4. The van der Waals surface area contributed by atoms with Gasteiger partial charge in [0.2, 0.25) is 0 Å². The van der Waals surface area contributed by atoms with E-state index in [2.05, 4.69) is 22.4 Å². The molecule has 2 N–H and O–H groups in total. The Kier molecular flexibility index (Phi) is 7.44. The lowest BCUT2D eigenvalue weighted by molar-refractivity contribution is -0.114. The summed E-state index contributed by atoms with van der Waals surface area (Å²) in [6.45, 7) is 4.02. The highest BCUT2D eigenvalue weighted by Gasteiger charge is 2.12. The summed E-state index contributed by atoms with van der Waals surface area (Å²) >= 11 is 0. The highest BCUT2D eigenvalue weighted by Crippen LogP contribution is 2.36. The number of rotatable bonds is 10. The molecule has 0 atom stereocenters. The van der Waals surface area contributed by atoms with Gasteiger partial charge in [-0.25, -0.2) is 0 Å². The summed E-state index contributed by atoms with van der Waals surface area (Å²) in [6.07, 6.45) is 1.66. The van der Waals surface area contributed by atoms with Gasteiger partial charge in [0.25, 0.3) is 5.91 Å². The molecule has 0 bridgehead atoms. The molecule has 178 valence electrons. The maximum atomic E-state index is 12.4. The number of pyridine rings is 1. The number of hydroxylamine groups is 1. The summed E-state index contributed by atoms with van der Waals surface area (Å²) in [4.78, 5) is 22.1. The molecule has 8 nitrogen and oxygen atoms in total. The van der Waals surface area contributed by atoms with E-state index in [1.165, 1.54) is 0 Å². The summed E-state index contributed by atoms with van der Waals surface area (Å²) in [7, 11) is 3.15. The van der Waals surface area contributed by atoms with Crippen LogP contribution in [0.1, 0.15) is 5.56 Å². The second kappa shape index (κ2) is 11.0. The maximum absolute atomic E-state index is 12.4. The van der Waals surface area contributed by atoms with Crippen molar-refractivity contribution in [3.05, 3.63) is 96.8 Å². The van der Waals surface area contributed by atoms with Crippen molar-refractivity contribution >= 4 is 22.5 Å². The van der Waals surface area contributed by atoms with Crippen LogP contribution in [0.25, 0.3) is 10.9 Å². The van der Waals surface area contributed by atoms with Gasteiger partial charge in [-0.1, -0.05) is 36.9 Å². The highest BCUT2D eigenvalue weighted by atomic mass is 16.6. The number of hydrogen-bond acceptors (Lipinski definition) is 7. The van der Waals surface area contributed by atoms with Gasteiger partial charge in [0.1, 0.15) is 17.2 Å². The first-order valence-electron chi connectivity index (χ1n) is 10.8. The van der Waals surface area contributed by atoms with E-state index in [1.807, 2.05) is 36.4 Å². The Labute approximate surface area is 203 Å². The molecule has 4 aromatic rings. The van der Waals surface area contributed by atoms with Crippen LogP contribution in [-0.4, -0.2) is 25.1 Å². The molecule has 8 heteroatoms. The van der Waals surface area contributed by atoms with Crippen molar-refractivity contribution in [2.45, 2.75) is 6.61 Å². The molecule has 3 aromatic carbocycles. The summed E-state index contributed by atoms with van der Waals surface area (Å²) in [5.41, 5.74) is 4.94. The van der Waals surface area contributed by atoms with Crippen LogP contribution in [-0.2, 0) is 16.2 Å². The predicted molar refractivity (Wildman–Crippen MR) is 133 cm³/mol. The van der Waals surface area contributed by atoms with Crippen molar-refractivity contribution in [3.8, 4) is 23.0 Å². The molecule has 0 spiro atoms. The maximum Gasteiger partial charge on any atom is 0.273 e. The second-order valence-electron chi connectivity index (χ2n) is 7.47. The van der Waals surface area contributed by atoms with E-state index in [1.54, 1.807) is 56.8 Å². The molecule has 1 heterocycles. The first-order chi connectivity index (χ1) is 17.1. The Balaban J connectivity index is 1.37. The van der Waals surface area contributed by atoms with Gasteiger partial charge in [0.05, 0.1) is 26.3 Å². The van der Waals surface area contributed by atoms with Crippen molar-refractivity contribution < 1.29 is 23.8 Å². The molecule has 0 fully saturated rings. The normalized spacial score (nSPS) is 10.5. The number of nitrogens with one attached hydrogen (secondary N) is 2. The van der Waals surface area contributed by atoms with Crippen LogP contribution in [0.5, 0.6) is 23.0 Å². The number of aromatic nitrogens is 1. The van der Waals surface area contributed by atoms with Crippen LogP contribution in [0.2, 0.25) is 0 Å². The first kappa shape index (κ1) is 23.6. The molecule has 0 aliphatic rings. The third-order valence-corrected chi connectivity index (χ3v) is 5.10. The van der Waals surface area contributed by atoms with Gasteiger partial charge < -0.3 is 19.5 Å². The molecule has 0 saturated carbocycles. The number of hydrogen-bond donors (Lipinski definition) is 2. The third kappa shape index (κ3) is 5.87. The van der Waals surface area contributed by atoms with E-state index in [4.69, 9.17) is 19.0 Å². The molecular formula is C27H25N3O5. The molecule has 35 heavy (non-hydrogen) atoms. The minimum atomic E-state index is -0.409. The Bertz CT molecular complexity index is 1320. The van der Waals surface area contributed by atoms with Crippen LogP contribution in [0.3, 0.4) is 0 Å². The number of carbonyl (C=O) groups is 1. The lowest BCUT2D eigenvalue weighted by Crippen LogP contribution is -2.25. The number of methoxy groups -OCH3 is 2. The Morgan fingerprint density at radius 2 is 1.63 bits per heavy atom. The SMILES string of the molecule is C=C(NOCc1ccccc1)C(=O)Nc1ccc(Oc2ccnc3cc(OC)c(OC)cc23)cc1. The van der Waals surface area contributed by atoms with Gasteiger partial charge in [0.15, 0.2) is 11.5 Å². The average molecular weight is 472 g/mol. The zero-order chi connectivity index (χ0) is 24.6. The fourth-order valence-corrected chi connectivity index (χ4v) is 3.30. The quantitative estimate of drug-likeness (QED) is 0.242. The van der Waals surface area contributed by atoms with E-state index in [0.717, 1.165) is 10.9 Å². The molecule has 0 saturated heterocycles. The molecule has 0 aliphatic heterocycles. The topological polar surface area (TPSA) is 90.9 Å². The molecule has 0 unspecified atom stereocenters. The fourth-order valence-electron chi connectivity index (χ4n) is 3.30. The molecule has 4 rings (SSSR count). The average Bonchev–Trinajstić information content (AvgIpc) is 2.89. The first-order valence-corrected chi connectivity index (χ1v) is 10.8. The van der Waals surface area contributed by atoms with Crippen molar-refractivity contribution in [3.63, 3.8) is 0 Å². The van der Waals surface area contributed by atoms with E-state index in [0.29, 0.717) is 40.8 Å². The number of ether oxygens (including phenoxy) is 3. The Morgan fingerprint density at radius 1 is 0.914 bits per heavy atom. The lowest BCUT2D eigenvalue weighted by atomic mass is 10.2. The zero-order valence-corrected chi connectivity index (χ0v) is 19.4. The van der Waals surface area contributed by atoms with Crippen molar-refractivity contribution in [2.75, 3.05) is 19.5 Å². The van der Waals surface area contributed by atoms with Gasteiger partial charge >= 0.3 is 0 Å². The van der Waals surface area contributed by atoms with E-state index < -0.39 is 5.91 Å². The number of benzene rings is 3. The smallest absolute Gasteiger partial charge is 0.273 e. The standard InChI is InChI=1S/C27H25N3O5/c1-18(30-34-17-19-7-5-4-6-8-19)27(31)29-20-9-11-21(12-10-20)35-24-13-14-28-23-16-26(33-3)25(32-2)15-22(23)24/h4-16,30H,1,17H2,2-3H3,(H,29,31). The second-order valence-corrected chi connectivity index (χ2v) is 7.47. The van der Waals surface area contributed by atoms with Crippen LogP contribution < -0.4 is 25.0 Å². The van der Waals surface area contributed by atoms with Crippen LogP contribution in [0.15, 0.2) is 91.3 Å². The lowest BCUT2D eigenvalue weighted by Gasteiger charge is -2.13. The summed E-state index contributed by atoms with van der Waals surface area (Å²) in [5, 5.41) is 3.54. The number of amides is 1. The van der Waals surface area contributed by atoms with Gasteiger partial charge in [-0.2, -0.15) is 0 Å². The summed E-state index contributed by atoms with van der Waals surface area (Å²) in [5.74, 6) is 1.96. The van der Waals surface area contributed by atoms with Crippen molar-refractivity contribution in [2.24, 2.45) is 0 Å². The van der Waals surface area contributed by atoms with Gasteiger partial charge in [-0.15, -0.1) is 0 Å². The van der Waals surface area contributed by atoms with Gasteiger partial charge in [-0.3, -0.25) is 20.1 Å². The molecule has 0 radical (unpaired) electrons. The molecule has 0 aliphatic carbocycles. The fraction of sp³-hybridized carbons (Fsp3) is 0.111. The number of nitrogens with zero attached hydrogens (tertiary/aromatic N) is 1. The van der Waals surface area contributed by atoms with Crippen LogP contribution in [0.4, 0.5) is 5.69 Å². The Morgan fingerprint density at radius 3 is 2.34 bits per heavy atom. The van der Waals surface area contributed by atoms with Crippen LogP contribution >= 0.6 is 0 Å². The summed E-state index contributed by atoms with van der Waals surface area (Å²) < 4.78 is 16.8.